The van der Waals surface area contributed by atoms with E-state index in [2.05, 4.69) is 20.8 Å². The van der Waals surface area contributed by atoms with Crippen molar-refractivity contribution in [2.45, 2.75) is 46.5 Å². The molecule has 0 aromatic heterocycles. The second-order valence-corrected chi connectivity index (χ2v) is 9.80. The summed E-state index contributed by atoms with van der Waals surface area (Å²) in [6.45, 7) is 9.30. The molecule has 0 aliphatic carbocycles. The second kappa shape index (κ2) is 6.73. The largest absolute Gasteiger partial charge is 0.281 e. The Morgan fingerprint density at radius 2 is 1.67 bits per heavy atom. The number of alkyl halides is 1. The van der Waals surface area contributed by atoms with Gasteiger partial charge < -0.3 is 0 Å². The van der Waals surface area contributed by atoms with Crippen LogP contribution in [0.5, 0.6) is 0 Å². The molecule has 2 aliphatic heterocycles. The van der Waals surface area contributed by atoms with E-state index < -0.39 is 10.2 Å². The summed E-state index contributed by atoms with van der Waals surface area (Å²) in [6, 6.07) is 0. The highest BCUT2D eigenvalue weighted by Crippen LogP contribution is 2.35. The van der Waals surface area contributed by atoms with Gasteiger partial charge in [0.1, 0.15) is 0 Å². The van der Waals surface area contributed by atoms with Crippen LogP contribution in [0, 0.1) is 17.3 Å². The number of piperidine rings is 2. The van der Waals surface area contributed by atoms with Gasteiger partial charge in [0.05, 0.1) is 0 Å². The minimum absolute atomic E-state index is 0.269. The lowest BCUT2D eigenvalue weighted by Gasteiger charge is -2.41. The molecule has 2 aliphatic rings. The maximum atomic E-state index is 12.8. The van der Waals surface area contributed by atoms with Crippen molar-refractivity contribution in [1.82, 2.24) is 8.61 Å². The number of nitrogens with zero attached hydrogens (tertiary/aromatic N) is 2. The zero-order chi connectivity index (χ0) is 15.7. The highest BCUT2D eigenvalue weighted by molar-refractivity contribution is 7.86. The molecule has 0 radical (unpaired) electrons. The molecule has 0 aromatic carbocycles. The Bertz CT molecular complexity index is 439. The minimum atomic E-state index is -3.29. The fraction of sp³-hybridized carbons (Fsp3) is 1.00. The zero-order valence-electron chi connectivity index (χ0n) is 13.5. The second-order valence-electron chi connectivity index (χ2n) is 7.57. The van der Waals surface area contributed by atoms with Gasteiger partial charge >= 0.3 is 0 Å². The van der Waals surface area contributed by atoms with Gasteiger partial charge in [-0.25, -0.2) is 0 Å². The lowest BCUT2D eigenvalue weighted by Crippen LogP contribution is -2.51. The van der Waals surface area contributed by atoms with Crippen molar-refractivity contribution in [1.29, 1.82) is 0 Å². The number of rotatable bonds is 3. The molecule has 6 heteroatoms. The minimum Gasteiger partial charge on any atom is -0.195 e. The zero-order valence-corrected chi connectivity index (χ0v) is 15.1. The van der Waals surface area contributed by atoms with E-state index >= 15 is 0 Å². The van der Waals surface area contributed by atoms with Gasteiger partial charge in [-0.1, -0.05) is 20.8 Å². The molecule has 0 spiro atoms. The monoisotopic (exact) mass is 336 g/mol. The fourth-order valence-corrected chi connectivity index (χ4v) is 5.49. The van der Waals surface area contributed by atoms with Crippen LogP contribution < -0.4 is 0 Å². The Hall–Kier alpha value is 0.160. The van der Waals surface area contributed by atoms with E-state index in [0.29, 0.717) is 43.9 Å². The van der Waals surface area contributed by atoms with Crippen molar-refractivity contribution in [2.75, 3.05) is 32.1 Å². The molecule has 0 saturated carbocycles. The molecule has 1 atom stereocenters. The molecule has 0 N–H and O–H groups in total. The Morgan fingerprint density at radius 1 is 1.05 bits per heavy atom. The third-order valence-corrected chi connectivity index (χ3v) is 7.47. The van der Waals surface area contributed by atoms with Crippen molar-refractivity contribution < 1.29 is 8.42 Å². The van der Waals surface area contributed by atoms with Crippen LogP contribution in [-0.2, 0) is 10.2 Å². The maximum Gasteiger partial charge on any atom is 0.281 e. The Kier molecular flexibility index (Phi) is 5.61. The SMILES string of the molecule is CC(C)(C)C1CCN(S(=O)(=O)N2CCCC(CCl)C2)CC1. The fourth-order valence-electron chi connectivity index (χ4n) is 3.48. The van der Waals surface area contributed by atoms with E-state index in [-0.39, 0.29) is 5.41 Å². The molecule has 2 heterocycles. The Labute approximate surface area is 135 Å². The lowest BCUT2D eigenvalue weighted by molar-refractivity contribution is 0.147. The van der Waals surface area contributed by atoms with E-state index in [4.69, 9.17) is 11.6 Å². The number of halogens is 1. The molecule has 0 bridgehead atoms. The van der Waals surface area contributed by atoms with Crippen molar-refractivity contribution >= 4 is 21.8 Å². The van der Waals surface area contributed by atoms with Crippen molar-refractivity contribution in [3.8, 4) is 0 Å². The van der Waals surface area contributed by atoms with Gasteiger partial charge in [-0.15, -0.1) is 11.6 Å². The van der Waals surface area contributed by atoms with Gasteiger partial charge in [-0.2, -0.15) is 17.0 Å². The summed E-state index contributed by atoms with van der Waals surface area (Å²) in [5, 5.41) is 0. The van der Waals surface area contributed by atoms with Gasteiger partial charge in [0.2, 0.25) is 0 Å². The van der Waals surface area contributed by atoms with Crippen LogP contribution in [0.3, 0.4) is 0 Å². The van der Waals surface area contributed by atoms with Crippen molar-refractivity contribution in [3.63, 3.8) is 0 Å². The topological polar surface area (TPSA) is 40.6 Å². The van der Waals surface area contributed by atoms with E-state index in [0.717, 1.165) is 25.7 Å². The molecule has 2 fully saturated rings. The molecule has 124 valence electrons. The third kappa shape index (κ3) is 4.12. The molecule has 1 unspecified atom stereocenters. The average molecular weight is 337 g/mol. The van der Waals surface area contributed by atoms with E-state index in [1.165, 1.54) is 0 Å². The van der Waals surface area contributed by atoms with Crippen LogP contribution in [0.25, 0.3) is 0 Å². The maximum absolute atomic E-state index is 12.8. The predicted octanol–water partition coefficient (Wildman–Crippen LogP) is 2.94. The van der Waals surface area contributed by atoms with Crippen LogP contribution in [0.2, 0.25) is 0 Å². The quantitative estimate of drug-likeness (QED) is 0.743. The van der Waals surface area contributed by atoms with Crippen LogP contribution in [0.15, 0.2) is 0 Å². The smallest absolute Gasteiger partial charge is 0.195 e. The van der Waals surface area contributed by atoms with Crippen LogP contribution in [0.1, 0.15) is 46.5 Å². The first kappa shape index (κ1) is 17.5. The molecule has 4 nitrogen and oxygen atoms in total. The van der Waals surface area contributed by atoms with Crippen molar-refractivity contribution in [2.24, 2.45) is 17.3 Å². The summed E-state index contributed by atoms with van der Waals surface area (Å²) in [4.78, 5) is 0. The number of hydrogen-bond donors (Lipinski definition) is 0. The number of hydrogen-bond acceptors (Lipinski definition) is 2. The van der Waals surface area contributed by atoms with E-state index in [1.807, 2.05) is 0 Å². The van der Waals surface area contributed by atoms with Gasteiger partial charge in [-0.05, 0) is 42.9 Å². The summed E-state index contributed by atoms with van der Waals surface area (Å²) in [6.07, 6.45) is 3.90. The molecular weight excluding hydrogens is 308 g/mol. The van der Waals surface area contributed by atoms with Crippen LogP contribution in [0.4, 0.5) is 0 Å². The summed E-state index contributed by atoms with van der Waals surface area (Å²) in [7, 11) is -3.29. The molecule has 21 heavy (non-hydrogen) atoms. The standard InChI is InChI=1S/C15H29ClN2O2S/c1-15(2,3)14-6-9-17(10-7-14)21(19,20)18-8-4-5-13(11-16)12-18/h13-14H,4-12H2,1-3H3. The molecular formula is C15H29ClN2O2S. The highest BCUT2D eigenvalue weighted by atomic mass is 35.5. The van der Waals surface area contributed by atoms with Gasteiger partial charge in [0, 0.05) is 32.1 Å². The predicted molar refractivity (Wildman–Crippen MR) is 87.7 cm³/mol. The molecule has 0 amide bonds. The normalized spacial score (nSPS) is 27.9. The highest BCUT2D eigenvalue weighted by Gasteiger charge is 2.37. The lowest BCUT2D eigenvalue weighted by atomic mass is 9.76. The van der Waals surface area contributed by atoms with Crippen molar-refractivity contribution in [3.05, 3.63) is 0 Å². The molecule has 2 saturated heterocycles. The molecule has 0 aromatic rings. The first-order chi connectivity index (χ1) is 9.75. The summed E-state index contributed by atoms with van der Waals surface area (Å²) in [5.41, 5.74) is 0.269. The first-order valence-electron chi connectivity index (χ1n) is 8.06. The molecule has 2 rings (SSSR count). The van der Waals surface area contributed by atoms with Gasteiger partial charge in [0.25, 0.3) is 10.2 Å². The third-order valence-electron chi connectivity index (χ3n) is 5.03. The summed E-state index contributed by atoms with van der Waals surface area (Å²) in [5.74, 6) is 1.47. The summed E-state index contributed by atoms with van der Waals surface area (Å²) >= 11 is 5.92. The summed E-state index contributed by atoms with van der Waals surface area (Å²) < 4.78 is 28.9. The first-order valence-corrected chi connectivity index (χ1v) is 9.99. The average Bonchev–Trinajstić information content (AvgIpc) is 2.46. The van der Waals surface area contributed by atoms with Gasteiger partial charge in [0.15, 0.2) is 0 Å². The van der Waals surface area contributed by atoms with Crippen LogP contribution >= 0.6 is 11.6 Å². The van der Waals surface area contributed by atoms with Crippen LogP contribution in [-0.4, -0.2) is 49.1 Å². The Morgan fingerprint density at radius 3 is 2.19 bits per heavy atom. The van der Waals surface area contributed by atoms with E-state index in [9.17, 15) is 8.42 Å². The Balaban J connectivity index is 1.98. The van der Waals surface area contributed by atoms with Gasteiger partial charge in [-0.3, -0.25) is 0 Å². The van der Waals surface area contributed by atoms with E-state index in [1.54, 1.807) is 8.61 Å².